The fraction of sp³-hybridized carbons (Fsp3) is 0.267. The van der Waals surface area contributed by atoms with Crippen molar-refractivity contribution in [1.82, 2.24) is 5.32 Å². The summed E-state index contributed by atoms with van der Waals surface area (Å²) in [7, 11) is -3.67. The molecule has 1 heterocycles. The van der Waals surface area contributed by atoms with Gasteiger partial charge < -0.3 is 5.32 Å². The number of carbonyl (C=O) groups is 1. The van der Waals surface area contributed by atoms with E-state index in [-0.39, 0.29) is 15.8 Å². The minimum atomic E-state index is -3.67. The fourth-order valence-electron chi connectivity index (χ4n) is 1.77. The summed E-state index contributed by atoms with van der Waals surface area (Å²) in [5.41, 5.74) is 0.584. The van der Waals surface area contributed by atoms with Crippen molar-refractivity contribution in [2.75, 3.05) is 11.3 Å². The van der Waals surface area contributed by atoms with Gasteiger partial charge in [-0.1, -0.05) is 32.0 Å². The lowest BCUT2D eigenvalue weighted by atomic mass is 10.1. The molecule has 0 saturated heterocycles. The van der Waals surface area contributed by atoms with E-state index in [4.69, 9.17) is 0 Å². The summed E-state index contributed by atoms with van der Waals surface area (Å²) in [5.74, 6) is 0.0251. The molecule has 0 aliphatic heterocycles. The molecule has 7 heteroatoms. The number of carbonyl (C=O) groups excluding carboxylic acids is 1. The molecule has 2 rings (SSSR count). The summed E-state index contributed by atoms with van der Waals surface area (Å²) in [5, 5.41) is 4.48. The zero-order chi connectivity index (χ0) is 16.2. The Balaban J connectivity index is 2.24. The van der Waals surface area contributed by atoms with E-state index < -0.39 is 10.0 Å². The quantitative estimate of drug-likeness (QED) is 0.850. The van der Waals surface area contributed by atoms with Crippen molar-refractivity contribution >= 4 is 33.0 Å². The number of amides is 1. The van der Waals surface area contributed by atoms with Crippen molar-refractivity contribution < 1.29 is 13.2 Å². The minimum Gasteiger partial charge on any atom is -0.352 e. The van der Waals surface area contributed by atoms with Gasteiger partial charge in [0.15, 0.2) is 0 Å². The first-order chi connectivity index (χ1) is 10.4. The third-order valence-electron chi connectivity index (χ3n) is 2.85. The molecule has 1 amide bonds. The summed E-state index contributed by atoms with van der Waals surface area (Å²) in [6, 6.07) is 9.75. The van der Waals surface area contributed by atoms with E-state index in [0.717, 1.165) is 11.3 Å². The molecule has 0 aliphatic carbocycles. The number of sulfonamides is 1. The van der Waals surface area contributed by atoms with Crippen LogP contribution in [0.5, 0.6) is 0 Å². The van der Waals surface area contributed by atoms with Gasteiger partial charge in [0.05, 0.1) is 11.3 Å². The number of rotatable bonds is 6. The van der Waals surface area contributed by atoms with Crippen molar-refractivity contribution in [1.29, 1.82) is 0 Å². The monoisotopic (exact) mass is 338 g/mol. The first-order valence-corrected chi connectivity index (χ1v) is 9.20. The molecule has 0 saturated carbocycles. The highest BCUT2D eigenvalue weighted by atomic mass is 32.2. The predicted octanol–water partition coefficient (Wildman–Crippen LogP) is 2.93. The van der Waals surface area contributed by atoms with E-state index in [1.807, 2.05) is 13.8 Å². The number of nitrogens with one attached hydrogen (secondary N) is 2. The van der Waals surface area contributed by atoms with Crippen molar-refractivity contribution in [3.05, 3.63) is 47.3 Å². The second kappa shape index (κ2) is 6.93. The first kappa shape index (κ1) is 16.5. The molecule has 0 aliphatic rings. The Morgan fingerprint density at radius 2 is 1.91 bits per heavy atom. The lowest BCUT2D eigenvalue weighted by molar-refractivity contribution is 0.0950. The number of thiophene rings is 1. The van der Waals surface area contributed by atoms with E-state index in [0.29, 0.717) is 18.0 Å². The molecule has 22 heavy (non-hydrogen) atoms. The maximum atomic E-state index is 12.3. The van der Waals surface area contributed by atoms with Gasteiger partial charge in [-0.25, -0.2) is 8.42 Å². The van der Waals surface area contributed by atoms with Crippen molar-refractivity contribution in [2.45, 2.75) is 18.1 Å². The largest absolute Gasteiger partial charge is 0.352 e. The maximum Gasteiger partial charge on any atom is 0.271 e. The van der Waals surface area contributed by atoms with Crippen LogP contribution in [-0.2, 0) is 10.0 Å². The zero-order valence-corrected chi connectivity index (χ0v) is 14.0. The smallest absolute Gasteiger partial charge is 0.271 e. The molecule has 1 aromatic heterocycles. The molecule has 118 valence electrons. The highest BCUT2D eigenvalue weighted by Crippen LogP contribution is 2.22. The van der Waals surface area contributed by atoms with Gasteiger partial charge in [0.1, 0.15) is 4.21 Å². The lowest BCUT2D eigenvalue weighted by Crippen LogP contribution is -2.28. The van der Waals surface area contributed by atoms with Crippen LogP contribution < -0.4 is 10.0 Å². The molecule has 5 nitrogen and oxygen atoms in total. The van der Waals surface area contributed by atoms with Gasteiger partial charge in [-0.05, 0) is 29.5 Å². The van der Waals surface area contributed by atoms with Crippen LogP contribution in [-0.4, -0.2) is 20.9 Å². The Labute approximate surface area is 134 Å². The number of anilines is 1. The Morgan fingerprint density at radius 1 is 1.18 bits per heavy atom. The average Bonchev–Trinajstić information content (AvgIpc) is 3.00. The molecule has 0 atom stereocenters. The summed E-state index contributed by atoms with van der Waals surface area (Å²) in [6.45, 7) is 4.52. The van der Waals surface area contributed by atoms with Gasteiger partial charge in [0, 0.05) is 6.54 Å². The number of hydrogen-bond acceptors (Lipinski definition) is 4. The van der Waals surface area contributed by atoms with Crippen LogP contribution in [0.15, 0.2) is 46.0 Å². The van der Waals surface area contributed by atoms with Crippen molar-refractivity contribution in [3.63, 3.8) is 0 Å². The normalized spacial score (nSPS) is 11.4. The van der Waals surface area contributed by atoms with Gasteiger partial charge >= 0.3 is 0 Å². The SMILES string of the molecule is CC(C)CNC(=O)c1ccccc1NS(=O)(=O)c1cccs1. The van der Waals surface area contributed by atoms with Crippen LogP contribution in [0.2, 0.25) is 0 Å². The molecule has 0 bridgehead atoms. The molecular formula is C15H18N2O3S2. The van der Waals surface area contributed by atoms with Gasteiger partial charge in [-0.15, -0.1) is 11.3 Å². The topological polar surface area (TPSA) is 75.3 Å². The second-order valence-corrected chi connectivity index (χ2v) is 8.04. The second-order valence-electron chi connectivity index (χ2n) is 5.19. The molecular weight excluding hydrogens is 320 g/mol. The summed E-state index contributed by atoms with van der Waals surface area (Å²) in [6.07, 6.45) is 0. The maximum absolute atomic E-state index is 12.3. The van der Waals surface area contributed by atoms with Crippen LogP contribution in [0.1, 0.15) is 24.2 Å². The van der Waals surface area contributed by atoms with Crippen molar-refractivity contribution in [2.24, 2.45) is 5.92 Å². The molecule has 1 aromatic carbocycles. The Bertz CT molecular complexity index is 738. The van der Waals surface area contributed by atoms with E-state index in [1.165, 1.54) is 6.07 Å². The van der Waals surface area contributed by atoms with Crippen molar-refractivity contribution in [3.8, 4) is 0 Å². The Hall–Kier alpha value is -1.86. The van der Waals surface area contributed by atoms with Gasteiger partial charge in [-0.3, -0.25) is 9.52 Å². The summed E-state index contributed by atoms with van der Waals surface area (Å²) >= 11 is 1.13. The lowest BCUT2D eigenvalue weighted by Gasteiger charge is -2.13. The van der Waals surface area contributed by atoms with Crippen LogP contribution in [0.4, 0.5) is 5.69 Å². The van der Waals surface area contributed by atoms with E-state index >= 15 is 0 Å². The molecule has 2 N–H and O–H groups in total. The highest BCUT2D eigenvalue weighted by molar-refractivity contribution is 7.94. The zero-order valence-electron chi connectivity index (χ0n) is 12.4. The molecule has 0 fully saturated rings. The Morgan fingerprint density at radius 3 is 2.55 bits per heavy atom. The van der Waals surface area contributed by atoms with Crippen LogP contribution >= 0.6 is 11.3 Å². The van der Waals surface area contributed by atoms with Crippen LogP contribution in [0.25, 0.3) is 0 Å². The number of para-hydroxylation sites is 1. The summed E-state index contributed by atoms with van der Waals surface area (Å²) < 4.78 is 27.2. The fourth-order valence-corrected chi connectivity index (χ4v) is 3.85. The summed E-state index contributed by atoms with van der Waals surface area (Å²) in [4.78, 5) is 12.2. The molecule has 0 radical (unpaired) electrons. The van der Waals surface area contributed by atoms with E-state index in [1.54, 1.807) is 35.7 Å². The third-order valence-corrected chi connectivity index (χ3v) is 5.61. The van der Waals surface area contributed by atoms with Crippen LogP contribution in [0, 0.1) is 5.92 Å². The molecule has 0 spiro atoms. The van der Waals surface area contributed by atoms with Gasteiger partial charge in [0.2, 0.25) is 0 Å². The number of benzene rings is 1. The average molecular weight is 338 g/mol. The standard InChI is InChI=1S/C15H18N2O3S2/c1-11(2)10-16-15(18)12-6-3-4-7-13(12)17-22(19,20)14-8-5-9-21-14/h3-9,11,17H,10H2,1-2H3,(H,16,18). The van der Waals surface area contributed by atoms with E-state index in [2.05, 4.69) is 10.0 Å². The van der Waals surface area contributed by atoms with Crippen LogP contribution in [0.3, 0.4) is 0 Å². The van der Waals surface area contributed by atoms with Gasteiger partial charge in [-0.2, -0.15) is 0 Å². The minimum absolute atomic E-state index is 0.213. The van der Waals surface area contributed by atoms with E-state index in [9.17, 15) is 13.2 Å². The highest BCUT2D eigenvalue weighted by Gasteiger charge is 2.19. The third kappa shape index (κ3) is 4.08. The first-order valence-electron chi connectivity index (χ1n) is 6.83. The predicted molar refractivity (Wildman–Crippen MR) is 88.7 cm³/mol. The van der Waals surface area contributed by atoms with Gasteiger partial charge in [0.25, 0.3) is 15.9 Å². The number of hydrogen-bond donors (Lipinski definition) is 2. The Kier molecular flexibility index (Phi) is 5.20. The molecule has 2 aromatic rings. The molecule has 0 unspecified atom stereocenters.